The molecule has 126 valence electrons. The van der Waals surface area contributed by atoms with Gasteiger partial charge in [0, 0.05) is 23.5 Å². The van der Waals surface area contributed by atoms with Crippen LogP contribution in [0.15, 0.2) is 42.5 Å². The van der Waals surface area contributed by atoms with Crippen molar-refractivity contribution in [1.82, 2.24) is 5.32 Å². The zero-order valence-electron chi connectivity index (χ0n) is 14.3. The topological polar surface area (TPSA) is 70.2 Å². The molecule has 0 atom stereocenters. The number of aryl methyl sites for hydroxylation is 2. The first-order valence-electron chi connectivity index (χ1n) is 7.99. The van der Waals surface area contributed by atoms with Crippen LogP contribution in [0.25, 0.3) is 0 Å². The molecule has 0 spiro atoms. The van der Waals surface area contributed by atoms with Gasteiger partial charge in [-0.1, -0.05) is 24.3 Å². The lowest BCUT2D eigenvalue weighted by Crippen LogP contribution is -2.24. The molecule has 5 heteroatoms. The first kappa shape index (κ1) is 17.5. The molecular formula is C19H23N3O2. The largest absolute Gasteiger partial charge is 0.376 e. The molecule has 0 aliphatic carbocycles. The first-order chi connectivity index (χ1) is 11.5. The standard InChI is InChI=1S/C19H23N3O2/c1-4-20-19(24)15-9-6-10-16(11-15)22-17(23)12-21-18-13(2)7-5-8-14(18)3/h5-11,21H,4,12H2,1-3H3,(H,20,24)(H,22,23). The van der Waals surface area contributed by atoms with Crippen LogP contribution in [-0.2, 0) is 4.79 Å². The van der Waals surface area contributed by atoms with Gasteiger partial charge in [0.1, 0.15) is 0 Å². The predicted octanol–water partition coefficient (Wildman–Crippen LogP) is 3.10. The fourth-order valence-corrected chi connectivity index (χ4v) is 2.47. The molecule has 0 aromatic heterocycles. The smallest absolute Gasteiger partial charge is 0.251 e. The lowest BCUT2D eigenvalue weighted by Gasteiger charge is -2.13. The lowest BCUT2D eigenvalue weighted by molar-refractivity contribution is -0.114. The Balaban J connectivity index is 1.97. The summed E-state index contributed by atoms with van der Waals surface area (Å²) in [5.74, 6) is -0.312. The molecule has 0 aliphatic heterocycles. The second kappa shape index (κ2) is 8.15. The molecule has 0 aliphatic rings. The summed E-state index contributed by atoms with van der Waals surface area (Å²) in [6, 6.07) is 12.9. The molecule has 0 saturated carbocycles. The quantitative estimate of drug-likeness (QED) is 0.764. The van der Waals surface area contributed by atoms with E-state index in [-0.39, 0.29) is 18.4 Å². The Morgan fingerprint density at radius 1 is 1.00 bits per heavy atom. The second-order valence-electron chi connectivity index (χ2n) is 5.61. The molecule has 2 aromatic carbocycles. The van der Waals surface area contributed by atoms with E-state index in [2.05, 4.69) is 16.0 Å². The van der Waals surface area contributed by atoms with Crippen molar-refractivity contribution in [3.63, 3.8) is 0 Å². The van der Waals surface area contributed by atoms with Crippen molar-refractivity contribution in [2.24, 2.45) is 0 Å². The Hall–Kier alpha value is -2.82. The van der Waals surface area contributed by atoms with Crippen molar-refractivity contribution in [3.05, 3.63) is 59.2 Å². The maximum absolute atomic E-state index is 12.1. The van der Waals surface area contributed by atoms with Gasteiger partial charge in [-0.05, 0) is 50.1 Å². The number of anilines is 2. The molecule has 2 aromatic rings. The number of amides is 2. The number of hydrogen-bond donors (Lipinski definition) is 3. The normalized spacial score (nSPS) is 10.1. The monoisotopic (exact) mass is 325 g/mol. The third kappa shape index (κ3) is 4.59. The SMILES string of the molecule is CCNC(=O)c1cccc(NC(=O)CNc2c(C)cccc2C)c1. The number of nitrogens with one attached hydrogen (secondary N) is 3. The number of rotatable bonds is 6. The maximum atomic E-state index is 12.1. The van der Waals surface area contributed by atoms with Crippen molar-refractivity contribution in [3.8, 4) is 0 Å². The zero-order valence-corrected chi connectivity index (χ0v) is 14.3. The summed E-state index contributed by atoms with van der Waals surface area (Å²) in [6.45, 7) is 6.60. The number of carbonyl (C=O) groups excluding carboxylic acids is 2. The summed E-state index contributed by atoms with van der Waals surface area (Å²) in [5, 5.41) is 8.71. The van der Waals surface area contributed by atoms with Crippen LogP contribution in [0.1, 0.15) is 28.4 Å². The van der Waals surface area contributed by atoms with E-state index in [9.17, 15) is 9.59 Å². The van der Waals surface area contributed by atoms with E-state index in [1.54, 1.807) is 24.3 Å². The molecule has 2 rings (SSSR count). The summed E-state index contributed by atoms with van der Waals surface area (Å²) in [5.41, 5.74) is 4.30. The van der Waals surface area contributed by atoms with Gasteiger partial charge in [0.2, 0.25) is 5.91 Å². The molecule has 3 N–H and O–H groups in total. The maximum Gasteiger partial charge on any atom is 0.251 e. The second-order valence-corrected chi connectivity index (χ2v) is 5.61. The summed E-state index contributed by atoms with van der Waals surface area (Å²) in [7, 11) is 0. The Labute approximate surface area is 142 Å². The molecule has 0 radical (unpaired) electrons. The molecular weight excluding hydrogens is 302 g/mol. The van der Waals surface area contributed by atoms with Crippen LogP contribution in [0, 0.1) is 13.8 Å². The van der Waals surface area contributed by atoms with Crippen LogP contribution < -0.4 is 16.0 Å². The van der Waals surface area contributed by atoms with E-state index >= 15 is 0 Å². The summed E-state index contributed by atoms with van der Waals surface area (Å²) < 4.78 is 0. The van der Waals surface area contributed by atoms with E-state index in [4.69, 9.17) is 0 Å². The fraction of sp³-hybridized carbons (Fsp3) is 0.263. The Kier molecular flexibility index (Phi) is 5.95. The summed E-state index contributed by atoms with van der Waals surface area (Å²) in [4.78, 5) is 24.0. The molecule has 0 fully saturated rings. The third-order valence-corrected chi connectivity index (χ3v) is 3.65. The molecule has 0 unspecified atom stereocenters. The highest BCUT2D eigenvalue weighted by atomic mass is 16.2. The Morgan fingerprint density at radius 3 is 2.33 bits per heavy atom. The molecule has 5 nitrogen and oxygen atoms in total. The number of benzene rings is 2. The molecule has 24 heavy (non-hydrogen) atoms. The highest BCUT2D eigenvalue weighted by Crippen LogP contribution is 2.19. The van der Waals surface area contributed by atoms with E-state index in [1.165, 1.54) is 0 Å². The molecule has 0 heterocycles. The van der Waals surface area contributed by atoms with Crippen molar-refractivity contribution in [1.29, 1.82) is 0 Å². The first-order valence-corrected chi connectivity index (χ1v) is 7.99. The van der Waals surface area contributed by atoms with Gasteiger partial charge < -0.3 is 16.0 Å². The van der Waals surface area contributed by atoms with Crippen LogP contribution in [0.2, 0.25) is 0 Å². The van der Waals surface area contributed by atoms with Crippen molar-refractivity contribution < 1.29 is 9.59 Å². The molecule has 2 amide bonds. The fourth-order valence-electron chi connectivity index (χ4n) is 2.47. The molecule has 0 bridgehead atoms. The highest BCUT2D eigenvalue weighted by molar-refractivity contribution is 5.98. The van der Waals surface area contributed by atoms with E-state index in [0.29, 0.717) is 17.8 Å². The van der Waals surface area contributed by atoms with Crippen molar-refractivity contribution in [2.75, 3.05) is 23.7 Å². The van der Waals surface area contributed by atoms with Crippen molar-refractivity contribution >= 4 is 23.2 Å². The van der Waals surface area contributed by atoms with Crippen molar-refractivity contribution in [2.45, 2.75) is 20.8 Å². The minimum absolute atomic E-state index is 0.151. The van der Waals surface area contributed by atoms with E-state index < -0.39 is 0 Å². The van der Waals surface area contributed by atoms with Crippen LogP contribution in [-0.4, -0.2) is 24.9 Å². The van der Waals surface area contributed by atoms with E-state index in [0.717, 1.165) is 16.8 Å². The third-order valence-electron chi connectivity index (χ3n) is 3.65. The van der Waals surface area contributed by atoms with Gasteiger partial charge in [-0.15, -0.1) is 0 Å². The van der Waals surface area contributed by atoms with Crippen LogP contribution in [0.3, 0.4) is 0 Å². The average Bonchev–Trinajstić information content (AvgIpc) is 2.55. The van der Waals surface area contributed by atoms with Crippen LogP contribution in [0.4, 0.5) is 11.4 Å². The molecule has 0 saturated heterocycles. The predicted molar refractivity (Wildman–Crippen MR) is 97.5 cm³/mol. The Bertz CT molecular complexity index is 721. The minimum Gasteiger partial charge on any atom is -0.376 e. The van der Waals surface area contributed by atoms with Gasteiger partial charge in [0.25, 0.3) is 5.91 Å². The number of carbonyl (C=O) groups is 2. The van der Waals surface area contributed by atoms with Gasteiger partial charge in [0.05, 0.1) is 6.54 Å². The average molecular weight is 325 g/mol. The Morgan fingerprint density at radius 2 is 1.67 bits per heavy atom. The van der Waals surface area contributed by atoms with Gasteiger partial charge in [-0.25, -0.2) is 0 Å². The zero-order chi connectivity index (χ0) is 17.5. The minimum atomic E-state index is -0.161. The van der Waals surface area contributed by atoms with Gasteiger partial charge in [-0.3, -0.25) is 9.59 Å². The van der Waals surface area contributed by atoms with Crippen LogP contribution in [0.5, 0.6) is 0 Å². The number of hydrogen-bond acceptors (Lipinski definition) is 3. The van der Waals surface area contributed by atoms with Gasteiger partial charge in [0.15, 0.2) is 0 Å². The summed E-state index contributed by atoms with van der Waals surface area (Å²) in [6.07, 6.45) is 0. The van der Waals surface area contributed by atoms with Gasteiger partial charge in [-0.2, -0.15) is 0 Å². The summed E-state index contributed by atoms with van der Waals surface area (Å²) >= 11 is 0. The van der Waals surface area contributed by atoms with E-state index in [1.807, 2.05) is 39.0 Å². The highest BCUT2D eigenvalue weighted by Gasteiger charge is 2.08. The number of para-hydroxylation sites is 1. The lowest BCUT2D eigenvalue weighted by atomic mass is 10.1. The van der Waals surface area contributed by atoms with Gasteiger partial charge >= 0.3 is 0 Å². The van der Waals surface area contributed by atoms with Crippen LogP contribution >= 0.6 is 0 Å².